The molecule has 0 bridgehead atoms. The monoisotopic (exact) mass is 286 g/mol. The lowest BCUT2D eigenvalue weighted by molar-refractivity contribution is -0.123. The van der Waals surface area contributed by atoms with E-state index in [0.717, 1.165) is 37.2 Å². The van der Waals surface area contributed by atoms with Crippen molar-refractivity contribution in [1.29, 1.82) is 0 Å². The third kappa shape index (κ3) is 2.80. The van der Waals surface area contributed by atoms with Gasteiger partial charge in [0.25, 0.3) is 0 Å². The van der Waals surface area contributed by atoms with E-state index in [9.17, 15) is 9.59 Å². The Bertz CT molecular complexity index is 597. The van der Waals surface area contributed by atoms with Gasteiger partial charge in [-0.25, -0.2) is 0 Å². The second-order valence-electron chi connectivity index (χ2n) is 7.06. The highest BCUT2D eigenvalue weighted by Gasteiger charge is 2.36. The summed E-state index contributed by atoms with van der Waals surface area (Å²) in [6.07, 6.45) is 2.94. The predicted octanol–water partition coefficient (Wildman–Crippen LogP) is 2.97. The van der Waals surface area contributed by atoms with Crippen molar-refractivity contribution in [2.24, 2.45) is 11.3 Å². The molecule has 0 unspecified atom stereocenters. The van der Waals surface area contributed by atoms with Gasteiger partial charge in [0.15, 0.2) is 0 Å². The van der Waals surface area contributed by atoms with Gasteiger partial charge in [-0.15, -0.1) is 0 Å². The zero-order chi connectivity index (χ0) is 15.2. The van der Waals surface area contributed by atoms with Crippen LogP contribution in [0.2, 0.25) is 0 Å². The Morgan fingerprint density at radius 2 is 1.95 bits per heavy atom. The Kier molecular flexibility index (Phi) is 3.27. The third-order valence-corrected chi connectivity index (χ3v) is 4.11. The highest BCUT2D eigenvalue weighted by atomic mass is 16.2. The lowest BCUT2D eigenvalue weighted by Crippen LogP contribution is -2.30. The molecule has 2 amide bonds. The van der Waals surface area contributed by atoms with Gasteiger partial charge in [-0.2, -0.15) is 0 Å². The standard InChI is InChI=1S/C17H22N2O2/c1-17(2,3)16(21)18-13-7-6-11-8-9-19(14(11)10-13)15(20)12-4-5-12/h6-7,10,12H,4-5,8-9H2,1-3H3,(H,18,21). The first kappa shape index (κ1) is 14.1. The van der Waals surface area contributed by atoms with Crippen LogP contribution in [-0.4, -0.2) is 18.4 Å². The zero-order valence-corrected chi connectivity index (χ0v) is 12.9. The lowest BCUT2D eigenvalue weighted by atomic mass is 9.95. The minimum Gasteiger partial charge on any atom is -0.326 e. The molecular formula is C17H22N2O2. The molecule has 1 aromatic carbocycles. The van der Waals surface area contributed by atoms with Crippen molar-refractivity contribution in [2.75, 3.05) is 16.8 Å². The van der Waals surface area contributed by atoms with Crippen LogP contribution in [0.15, 0.2) is 18.2 Å². The Balaban J connectivity index is 1.82. The van der Waals surface area contributed by atoms with Crippen LogP contribution in [-0.2, 0) is 16.0 Å². The van der Waals surface area contributed by atoms with Crippen LogP contribution >= 0.6 is 0 Å². The van der Waals surface area contributed by atoms with E-state index >= 15 is 0 Å². The summed E-state index contributed by atoms with van der Waals surface area (Å²) in [4.78, 5) is 26.3. The molecule has 1 fully saturated rings. The van der Waals surface area contributed by atoms with E-state index in [-0.39, 0.29) is 17.7 Å². The van der Waals surface area contributed by atoms with Gasteiger partial charge in [-0.05, 0) is 37.0 Å². The molecule has 1 aliphatic carbocycles. The SMILES string of the molecule is CC(C)(C)C(=O)Nc1ccc2c(c1)N(C(=O)C1CC1)CC2. The molecule has 1 aromatic rings. The number of anilines is 2. The first-order valence-electron chi connectivity index (χ1n) is 7.62. The fourth-order valence-corrected chi connectivity index (χ4v) is 2.56. The van der Waals surface area contributed by atoms with Crippen LogP contribution in [0.1, 0.15) is 39.2 Å². The third-order valence-electron chi connectivity index (χ3n) is 4.11. The summed E-state index contributed by atoms with van der Waals surface area (Å²) in [5.41, 5.74) is 2.50. The van der Waals surface area contributed by atoms with E-state index in [1.165, 1.54) is 5.56 Å². The minimum absolute atomic E-state index is 0.0134. The number of carbonyl (C=O) groups excluding carboxylic acids is 2. The van der Waals surface area contributed by atoms with Crippen molar-refractivity contribution < 1.29 is 9.59 Å². The Morgan fingerprint density at radius 3 is 2.57 bits per heavy atom. The molecule has 2 aliphatic rings. The maximum atomic E-state index is 12.3. The highest BCUT2D eigenvalue weighted by Crippen LogP contribution is 2.37. The quantitative estimate of drug-likeness (QED) is 0.908. The van der Waals surface area contributed by atoms with Crippen LogP contribution in [0.5, 0.6) is 0 Å². The average Bonchev–Trinajstić information content (AvgIpc) is 3.17. The van der Waals surface area contributed by atoms with Gasteiger partial charge >= 0.3 is 0 Å². The first-order valence-corrected chi connectivity index (χ1v) is 7.62. The summed E-state index contributed by atoms with van der Waals surface area (Å²) in [7, 11) is 0. The number of carbonyl (C=O) groups is 2. The van der Waals surface area contributed by atoms with Crippen molar-refractivity contribution in [1.82, 2.24) is 0 Å². The number of hydrogen-bond donors (Lipinski definition) is 1. The molecule has 1 aliphatic heterocycles. The Hall–Kier alpha value is -1.84. The van der Waals surface area contributed by atoms with Gasteiger partial charge in [0.2, 0.25) is 11.8 Å². The molecule has 0 spiro atoms. The molecule has 1 N–H and O–H groups in total. The summed E-state index contributed by atoms with van der Waals surface area (Å²) in [5, 5.41) is 2.94. The fraction of sp³-hybridized carbons (Fsp3) is 0.529. The average molecular weight is 286 g/mol. The van der Waals surface area contributed by atoms with E-state index in [1.807, 2.05) is 43.9 Å². The molecular weight excluding hydrogens is 264 g/mol. The number of benzene rings is 1. The lowest BCUT2D eigenvalue weighted by Gasteiger charge is -2.20. The number of hydrogen-bond acceptors (Lipinski definition) is 2. The summed E-state index contributed by atoms with van der Waals surface area (Å²) in [5.74, 6) is 0.456. The topological polar surface area (TPSA) is 49.4 Å². The summed E-state index contributed by atoms with van der Waals surface area (Å²) >= 11 is 0. The summed E-state index contributed by atoms with van der Waals surface area (Å²) in [6, 6.07) is 5.88. The number of amides is 2. The van der Waals surface area contributed by atoms with Gasteiger partial charge in [-0.3, -0.25) is 9.59 Å². The number of rotatable bonds is 2. The summed E-state index contributed by atoms with van der Waals surface area (Å²) < 4.78 is 0. The van der Waals surface area contributed by atoms with E-state index < -0.39 is 5.41 Å². The van der Waals surface area contributed by atoms with Crippen molar-refractivity contribution in [2.45, 2.75) is 40.0 Å². The van der Waals surface area contributed by atoms with E-state index in [1.54, 1.807) is 0 Å². The van der Waals surface area contributed by atoms with Crippen molar-refractivity contribution in [3.8, 4) is 0 Å². The van der Waals surface area contributed by atoms with E-state index in [2.05, 4.69) is 5.32 Å². The molecule has 0 radical (unpaired) electrons. The summed E-state index contributed by atoms with van der Waals surface area (Å²) in [6.45, 7) is 6.43. The minimum atomic E-state index is -0.428. The molecule has 112 valence electrons. The van der Waals surface area contributed by atoms with Gasteiger partial charge < -0.3 is 10.2 Å². The van der Waals surface area contributed by atoms with Crippen molar-refractivity contribution in [3.05, 3.63) is 23.8 Å². The second-order valence-corrected chi connectivity index (χ2v) is 7.06. The molecule has 4 heteroatoms. The van der Waals surface area contributed by atoms with Gasteiger partial charge in [-0.1, -0.05) is 26.8 Å². The molecule has 3 rings (SSSR count). The maximum Gasteiger partial charge on any atom is 0.230 e. The van der Waals surface area contributed by atoms with Gasteiger partial charge in [0.05, 0.1) is 0 Å². The van der Waals surface area contributed by atoms with Crippen molar-refractivity contribution >= 4 is 23.2 Å². The molecule has 0 atom stereocenters. The van der Waals surface area contributed by atoms with Gasteiger partial charge in [0.1, 0.15) is 0 Å². The smallest absolute Gasteiger partial charge is 0.230 e. The van der Waals surface area contributed by atoms with Crippen LogP contribution in [0.4, 0.5) is 11.4 Å². The Labute approximate surface area is 125 Å². The normalized spacial score (nSPS) is 17.6. The van der Waals surface area contributed by atoms with Crippen LogP contribution < -0.4 is 10.2 Å². The molecule has 21 heavy (non-hydrogen) atoms. The van der Waals surface area contributed by atoms with Crippen molar-refractivity contribution in [3.63, 3.8) is 0 Å². The zero-order valence-electron chi connectivity index (χ0n) is 12.9. The molecule has 0 saturated heterocycles. The first-order chi connectivity index (χ1) is 9.86. The van der Waals surface area contributed by atoms with E-state index in [0.29, 0.717) is 0 Å². The number of nitrogens with one attached hydrogen (secondary N) is 1. The fourth-order valence-electron chi connectivity index (χ4n) is 2.56. The van der Waals surface area contributed by atoms with Crippen LogP contribution in [0.25, 0.3) is 0 Å². The van der Waals surface area contributed by atoms with Crippen LogP contribution in [0.3, 0.4) is 0 Å². The molecule has 1 saturated carbocycles. The van der Waals surface area contributed by atoms with Gasteiger partial charge in [0, 0.05) is 29.3 Å². The predicted molar refractivity (Wildman–Crippen MR) is 83.3 cm³/mol. The Morgan fingerprint density at radius 1 is 1.24 bits per heavy atom. The highest BCUT2D eigenvalue weighted by molar-refractivity contribution is 6.00. The van der Waals surface area contributed by atoms with E-state index in [4.69, 9.17) is 0 Å². The number of nitrogens with zero attached hydrogens (tertiary/aromatic N) is 1. The molecule has 1 heterocycles. The molecule has 0 aromatic heterocycles. The second kappa shape index (κ2) is 4.86. The number of fused-ring (bicyclic) bond motifs is 1. The largest absolute Gasteiger partial charge is 0.326 e. The maximum absolute atomic E-state index is 12.3. The van der Waals surface area contributed by atoms with Crippen LogP contribution in [0, 0.1) is 11.3 Å². The molecule has 4 nitrogen and oxygen atoms in total.